The summed E-state index contributed by atoms with van der Waals surface area (Å²) in [4.78, 5) is 2.33. The predicted molar refractivity (Wildman–Crippen MR) is 55.8 cm³/mol. The molecule has 1 N–H and O–H groups in total. The van der Waals surface area contributed by atoms with Gasteiger partial charge >= 0.3 is 0 Å². The Kier molecular flexibility index (Phi) is 2.89. The van der Waals surface area contributed by atoms with Gasteiger partial charge in [-0.3, -0.25) is 0 Å². The molecule has 2 heteroatoms. The van der Waals surface area contributed by atoms with Gasteiger partial charge in [0.2, 0.25) is 0 Å². The lowest BCUT2D eigenvalue weighted by atomic mass is 9.79. The van der Waals surface area contributed by atoms with Crippen molar-refractivity contribution in [2.45, 2.75) is 31.7 Å². The molecule has 0 radical (unpaired) electrons. The summed E-state index contributed by atoms with van der Waals surface area (Å²) in [7, 11) is 4.38. The molecular weight excluding hydrogens is 160 g/mol. The molecule has 1 aliphatic carbocycles. The van der Waals surface area contributed by atoms with Crippen LogP contribution in [0.5, 0.6) is 0 Å². The minimum atomic E-state index is 0.860. The van der Waals surface area contributed by atoms with Crippen molar-refractivity contribution >= 4 is 0 Å². The van der Waals surface area contributed by atoms with Crippen molar-refractivity contribution in [1.29, 1.82) is 0 Å². The monoisotopic (exact) mass is 182 g/mol. The van der Waals surface area contributed by atoms with Gasteiger partial charge in [-0.15, -0.1) is 0 Å². The topological polar surface area (TPSA) is 15.3 Å². The molecule has 0 amide bonds. The van der Waals surface area contributed by atoms with Crippen LogP contribution < -0.4 is 5.32 Å². The Morgan fingerprint density at radius 3 is 2.85 bits per heavy atom. The lowest BCUT2D eigenvalue weighted by Gasteiger charge is -2.33. The van der Waals surface area contributed by atoms with Crippen LogP contribution in [0.1, 0.15) is 25.7 Å². The van der Waals surface area contributed by atoms with Gasteiger partial charge in [-0.1, -0.05) is 0 Å². The van der Waals surface area contributed by atoms with Crippen LogP contribution in [-0.2, 0) is 0 Å². The summed E-state index contributed by atoms with van der Waals surface area (Å²) in [6.45, 7) is 2.55. The van der Waals surface area contributed by atoms with Crippen molar-refractivity contribution in [3.05, 3.63) is 0 Å². The fourth-order valence-corrected chi connectivity index (χ4v) is 3.05. The maximum Gasteiger partial charge on any atom is 0.00989 e. The van der Waals surface area contributed by atoms with Crippen molar-refractivity contribution in [2.24, 2.45) is 11.8 Å². The Balaban J connectivity index is 1.83. The zero-order valence-electron chi connectivity index (χ0n) is 8.92. The maximum absolute atomic E-state index is 3.64. The summed E-state index contributed by atoms with van der Waals surface area (Å²) < 4.78 is 0. The summed E-state index contributed by atoms with van der Waals surface area (Å²) in [5, 5.41) is 3.64. The van der Waals surface area contributed by atoms with Crippen LogP contribution in [0.4, 0.5) is 0 Å². The van der Waals surface area contributed by atoms with Gasteiger partial charge < -0.3 is 10.2 Å². The summed E-state index contributed by atoms with van der Waals surface area (Å²) in [5.74, 6) is 1.96. The first-order valence-corrected chi connectivity index (χ1v) is 5.64. The summed E-state index contributed by atoms with van der Waals surface area (Å²) >= 11 is 0. The first-order chi connectivity index (χ1) is 6.25. The van der Waals surface area contributed by atoms with Crippen molar-refractivity contribution < 1.29 is 0 Å². The number of hydrogen-bond acceptors (Lipinski definition) is 2. The third-order valence-electron chi connectivity index (χ3n) is 3.65. The highest BCUT2D eigenvalue weighted by atomic mass is 15.1. The summed E-state index contributed by atoms with van der Waals surface area (Å²) in [5.41, 5.74) is 0. The molecule has 3 unspecified atom stereocenters. The normalized spacial score (nSPS) is 39.5. The van der Waals surface area contributed by atoms with Crippen molar-refractivity contribution in [3.8, 4) is 0 Å². The van der Waals surface area contributed by atoms with E-state index in [1.54, 1.807) is 0 Å². The van der Waals surface area contributed by atoms with Crippen LogP contribution in [0.2, 0.25) is 0 Å². The molecule has 0 aromatic rings. The van der Waals surface area contributed by atoms with E-state index in [0.29, 0.717) is 0 Å². The van der Waals surface area contributed by atoms with Crippen LogP contribution in [-0.4, -0.2) is 38.1 Å². The van der Waals surface area contributed by atoms with Crippen LogP contribution in [0, 0.1) is 11.8 Å². The third-order valence-corrected chi connectivity index (χ3v) is 3.65. The highest BCUT2D eigenvalue weighted by molar-refractivity contribution is 4.90. The van der Waals surface area contributed by atoms with E-state index in [0.717, 1.165) is 17.9 Å². The first kappa shape index (κ1) is 9.47. The van der Waals surface area contributed by atoms with Gasteiger partial charge in [0.25, 0.3) is 0 Å². The Morgan fingerprint density at radius 2 is 2.08 bits per heavy atom. The zero-order chi connectivity index (χ0) is 9.26. The second-order valence-electron chi connectivity index (χ2n) is 5.05. The van der Waals surface area contributed by atoms with E-state index >= 15 is 0 Å². The van der Waals surface area contributed by atoms with Gasteiger partial charge in [-0.25, -0.2) is 0 Å². The minimum Gasteiger partial charge on any atom is -0.314 e. The van der Waals surface area contributed by atoms with Crippen LogP contribution >= 0.6 is 0 Å². The summed E-state index contributed by atoms with van der Waals surface area (Å²) in [6, 6.07) is 0.860. The number of rotatable bonds is 2. The van der Waals surface area contributed by atoms with E-state index < -0.39 is 0 Å². The Morgan fingerprint density at radius 1 is 1.23 bits per heavy atom. The third kappa shape index (κ3) is 2.23. The second-order valence-corrected chi connectivity index (χ2v) is 5.05. The van der Waals surface area contributed by atoms with E-state index in [4.69, 9.17) is 0 Å². The lowest BCUT2D eigenvalue weighted by molar-refractivity contribution is 0.205. The van der Waals surface area contributed by atoms with Gasteiger partial charge in [-0.05, 0) is 58.2 Å². The quantitative estimate of drug-likeness (QED) is 0.693. The average molecular weight is 182 g/mol. The first-order valence-electron chi connectivity index (χ1n) is 5.64. The molecule has 0 aromatic heterocycles. The number of fused-ring (bicyclic) bond motifs is 1. The minimum absolute atomic E-state index is 0.860. The molecule has 13 heavy (non-hydrogen) atoms. The van der Waals surface area contributed by atoms with Gasteiger partial charge in [0.05, 0.1) is 0 Å². The molecule has 1 aliphatic heterocycles. The molecule has 2 rings (SSSR count). The highest BCUT2D eigenvalue weighted by Gasteiger charge is 2.33. The standard InChI is InChI=1S/C11H22N2/c1-13(2)8-9-3-4-10-5-6-12-11(10)7-9/h9-12H,3-8H2,1-2H3. The largest absolute Gasteiger partial charge is 0.314 e. The molecule has 1 saturated carbocycles. The van der Waals surface area contributed by atoms with E-state index in [1.165, 1.54) is 38.8 Å². The van der Waals surface area contributed by atoms with Crippen LogP contribution in [0.25, 0.3) is 0 Å². The van der Waals surface area contributed by atoms with Gasteiger partial charge in [0.1, 0.15) is 0 Å². The molecule has 2 aliphatic rings. The van der Waals surface area contributed by atoms with Gasteiger partial charge in [-0.2, -0.15) is 0 Å². The van der Waals surface area contributed by atoms with Crippen molar-refractivity contribution in [1.82, 2.24) is 10.2 Å². The van der Waals surface area contributed by atoms with Crippen molar-refractivity contribution in [3.63, 3.8) is 0 Å². The maximum atomic E-state index is 3.64. The van der Waals surface area contributed by atoms with E-state index in [-0.39, 0.29) is 0 Å². The van der Waals surface area contributed by atoms with E-state index in [9.17, 15) is 0 Å². The molecule has 0 aromatic carbocycles. The molecule has 2 nitrogen and oxygen atoms in total. The predicted octanol–water partition coefficient (Wildman–Crippen LogP) is 1.33. The van der Waals surface area contributed by atoms with Crippen LogP contribution in [0.15, 0.2) is 0 Å². The lowest BCUT2D eigenvalue weighted by Crippen LogP contribution is -2.36. The van der Waals surface area contributed by atoms with Crippen molar-refractivity contribution in [2.75, 3.05) is 27.2 Å². The molecule has 2 fully saturated rings. The Hall–Kier alpha value is -0.0800. The average Bonchev–Trinajstić information content (AvgIpc) is 2.49. The molecular formula is C11H22N2. The van der Waals surface area contributed by atoms with Gasteiger partial charge in [0, 0.05) is 12.6 Å². The number of nitrogens with zero attached hydrogens (tertiary/aromatic N) is 1. The second kappa shape index (κ2) is 3.97. The number of nitrogens with one attached hydrogen (secondary N) is 1. The number of hydrogen-bond donors (Lipinski definition) is 1. The van der Waals surface area contributed by atoms with E-state index in [2.05, 4.69) is 24.3 Å². The molecule has 3 atom stereocenters. The molecule has 76 valence electrons. The fourth-order valence-electron chi connectivity index (χ4n) is 3.05. The Bertz CT molecular complexity index is 167. The van der Waals surface area contributed by atoms with Gasteiger partial charge in [0.15, 0.2) is 0 Å². The molecule has 0 bridgehead atoms. The highest BCUT2D eigenvalue weighted by Crippen LogP contribution is 2.34. The fraction of sp³-hybridized carbons (Fsp3) is 1.00. The Labute approximate surface area is 81.7 Å². The molecule has 0 spiro atoms. The SMILES string of the molecule is CN(C)CC1CCC2CCNC2C1. The summed E-state index contributed by atoms with van der Waals surface area (Å²) in [6.07, 6.45) is 5.78. The zero-order valence-corrected chi connectivity index (χ0v) is 8.92. The molecule has 1 heterocycles. The van der Waals surface area contributed by atoms with Crippen LogP contribution in [0.3, 0.4) is 0 Å². The molecule has 1 saturated heterocycles. The van der Waals surface area contributed by atoms with E-state index in [1.807, 2.05) is 0 Å². The smallest absolute Gasteiger partial charge is 0.00989 e.